The van der Waals surface area contributed by atoms with Crippen LogP contribution in [0.2, 0.25) is 0 Å². The van der Waals surface area contributed by atoms with Gasteiger partial charge in [0.15, 0.2) is 6.10 Å². The van der Waals surface area contributed by atoms with E-state index in [0.29, 0.717) is 32.5 Å². The molecule has 32 heavy (non-hydrogen) atoms. The van der Waals surface area contributed by atoms with Gasteiger partial charge in [0.25, 0.3) is 5.91 Å². The van der Waals surface area contributed by atoms with Crippen LogP contribution in [0, 0.1) is 11.8 Å². The first kappa shape index (κ1) is 23.8. The lowest BCUT2D eigenvalue weighted by atomic mass is 9.96. The first-order valence-electron chi connectivity index (χ1n) is 11.4. The summed E-state index contributed by atoms with van der Waals surface area (Å²) < 4.78 is 10.5. The summed E-state index contributed by atoms with van der Waals surface area (Å²) in [6, 6.07) is 7.72. The van der Waals surface area contributed by atoms with Crippen molar-refractivity contribution < 1.29 is 28.7 Å². The molecule has 1 aromatic carbocycles. The number of carbonyl (C=O) groups is 4. The van der Waals surface area contributed by atoms with Gasteiger partial charge in [0.05, 0.1) is 18.4 Å². The van der Waals surface area contributed by atoms with Gasteiger partial charge in [0, 0.05) is 31.7 Å². The summed E-state index contributed by atoms with van der Waals surface area (Å²) >= 11 is 0. The second kappa shape index (κ2) is 10.6. The lowest BCUT2D eigenvalue weighted by Gasteiger charge is -2.32. The molecule has 2 amide bonds. The number of benzene rings is 1. The van der Waals surface area contributed by atoms with Crippen LogP contribution in [-0.4, -0.2) is 61.0 Å². The monoisotopic (exact) mass is 444 g/mol. The van der Waals surface area contributed by atoms with Gasteiger partial charge in [-0.05, 0) is 50.8 Å². The van der Waals surface area contributed by atoms with Crippen LogP contribution in [0.1, 0.15) is 45.6 Å². The second-order valence-corrected chi connectivity index (χ2v) is 8.36. The van der Waals surface area contributed by atoms with Crippen molar-refractivity contribution in [2.45, 2.75) is 52.6 Å². The molecule has 2 heterocycles. The standard InChI is InChI=1S/C24H32N2O6/c1-4-17-6-8-20(9-7-17)26-15-19(14-21(26)27)24(30)32-16(3)22(28)25-12-10-18(11-13-25)23(29)31-5-2/h6-9,16,18-19H,4-5,10-15H2,1-3H3/t16-,19+/m1/s1. The normalized spacial score (nSPS) is 20.2. The summed E-state index contributed by atoms with van der Waals surface area (Å²) in [7, 11) is 0. The first-order valence-corrected chi connectivity index (χ1v) is 11.4. The zero-order valence-electron chi connectivity index (χ0n) is 19.0. The SMILES string of the molecule is CCOC(=O)C1CCN(C(=O)[C@@H](C)OC(=O)[C@H]2CC(=O)N(c3ccc(CC)cc3)C2)CC1. The number of ether oxygens (including phenoxy) is 2. The van der Waals surface area contributed by atoms with Crippen LogP contribution in [-0.2, 0) is 35.1 Å². The zero-order chi connectivity index (χ0) is 23.3. The Labute approximate surface area is 188 Å². The number of anilines is 1. The molecule has 0 bridgehead atoms. The number of esters is 2. The molecule has 2 saturated heterocycles. The topological polar surface area (TPSA) is 93.2 Å². The lowest BCUT2D eigenvalue weighted by molar-refractivity contribution is -0.163. The van der Waals surface area contributed by atoms with Gasteiger partial charge in [0.1, 0.15) is 0 Å². The Kier molecular flexibility index (Phi) is 7.88. The lowest BCUT2D eigenvalue weighted by Crippen LogP contribution is -2.46. The van der Waals surface area contributed by atoms with E-state index in [9.17, 15) is 19.2 Å². The molecular weight excluding hydrogens is 412 g/mol. The molecule has 0 saturated carbocycles. The fourth-order valence-electron chi connectivity index (χ4n) is 4.20. The van der Waals surface area contributed by atoms with Crippen molar-refractivity contribution in [3.8, 4) is 0 Å². The molecule has 1 aromatic rings. The summed E-state index contributed by atoms with van der Waals surface area (Å²) in [4.78, 5) is 52.9. The summed E-state index contributed by atoms with van der Waals surface area (Å²) in [5.41, 5.74) is 1.94. The van der Waals surface area contributed by atoms with Crippen molar-refractivity contribution in [2.24, 2.45) is 11.8 Å². The molecule has 0 aliphatic carbocycles. The Morgan fingerprint density at radius 3 is 2.28 bits per heavy atom. The summed E-state index contributed by atoms with van der Waals surface area (Å²) in [5, 5.41) is 0. The maximum Gasteiger partial charge on any atom is 0.312 e. The maximum absolute atomic E-state index is 12.7. The molecular formula is C24H32N2O6. The third kappa shape index (κ3) is 5.47. The van der Waals surface area contributed by atoms with E-state index in [2.05, 4.69) is 6.92 Å². The highest BCUT2D eigenvalue weighted by Crippen LogP contribution is 2.27. The average Bonchev–Trinajstić information content (AvgIpc) is 3.20. The van der Waals surface area contributed by atoms with Crippen molar-refractivity contribution in [2.75, 3.05) is 31.1 Å². The number of hydrogen-bond acceptors (Lipinski definition) is 6. The van der Waals surface area contributed by atoms with Crippen molar-refractivity contribution in [3.63, 3.8) is 0 Å². The third-order valence-electron chi connectivity index (χ3n) is 6.18. The Morgan fingerprint density at radius 2 is 1.69 bits per heavy atom. The van der Waals surface area contributed by atoms with Gasteiger partial charge >= 0.3 is 11.9 Å². The predicted octanol–water partition coefficient (Wildman–Crippen LogP) is 2.34. The summed E-state index contributed by atoms with van der Waals surface area (Å²) in [6.07, 6.45) is 1.12. The van der Waals surface area contributed by atoms with E-state index < -0.39 is 18.0 Å². The average molecular weight is 445 g/mol. The Hall–Kier alpha value is -2.90. The molecule has 0 spiro atoms. The molecule has 174 valence electrons. The van der Waals surface area contributed by atoms with Crippen LogP contribution in [0.3, 0.4) is 0 Å². The van der Waals surface area contributed by atoms with Crippen molar-refractivity contribution in [1.29, 1.82) is 0 Å². The number of hydrogen-bond donors (Lipinski definition) is 0. The van der Waals surface area contributed by atoms with Crippen LogP contribution >= 0.6 is 0 Å². The highest BCUT2D eigenvalue weighted by atomic mass is 16.5. The Bertz CT molecular complexity index is 845. The van der Waals surface area contributed by atoms with Gasteiger partial charge < -0.3 is 19.3 Å². The van der Waals surface area contributed by atoms with E-state index >= 15 is 0 Å². The number of amides is 2. The minimum atomic E-state index is -0.936. The highest BCUT2D eigenvalue weighted by Gasteiger charge is 2.38. The van der Waals surface area contributed by atoms with Crippen LogP contribution in [0.5, 0.6) is 0 Å². The Balaban J connectivity index is 1.50. The van der Waals surface area contributed by atoms with E-state index in [1.54, 1.807) is 23.6 Å². The fourth-order valence-corrected chi connectivity index (χ4v) is 4.20. The van der Waals surface area contributed by atoms with E-state index in [1.807, 2.05) is 24.3 Å². The number of nitrogens with zero attached hydrogens (tertiary/aromatic N) is 2. The van der Waals surface area contributed by atoms with Gasteiger partial charge in [-0.1, -0.05) is 19.1 Å². The quantitative estimate of drug-likeness (QED) is 0.600. The number of likely N-dealkylation sites (tertiary alicyclic amines) is 1. The minimum Gasteiger partial charge on any atom is -0.466 e. The van der Waals surface area contributed by atoms with E-state index in [-0.39, 0.29) is 36.7 Å². The van der Waals surface area contributed by atoms with E-state index in [1.165, 1.54) is 5.56 Å². The third-order valence-corrected chi connectivity index (χ3v) is 6.18. The molecule has 2 aliphatic rings. The zero-order valence-corrected chi connectivity index (χ0v) is 19.0. The number of carbonyl (C=O) groups excluding carboxylic acids is 4. The molecule has 0 aromatic heterocycles. The van der Waals surface area contributed by atoms with Crippen LogP contribution in [0.15, 0.2) is 24.3 Å². The first-order chi connectivity index (χ1) is 15.3. The molecule has 2 fully saturated rings. The van der Waals surface area contributed by atoms with Crippen molar-refractivity contribution >= 4 is 29.4 Å². The largest absolute Gasteiger partial charge is 0.466 e. The van der Waals surface area contributed by atoms with Gasteiger partial charge in [-0.15, -0.1) is 0 Å². The Morgan fingerprint density at radius 1 is 1.03 bits per heavy atom. The highest BCUT2D eigenvalue weighted by molar-refractivity contribution is 5.99. The summed E-state index contributed by atoms with van der Waals surface area (Å²) in [5.74, 6) is -1.96. The van der Waals surface area contributed by atoms with Gasteiger partial charge in [-0.2, -0.15) is 0 Å². The molecule has 0 radical (unpaired) electrons. The molecule has 8 nitrogen and oxygen atoms in total. The summed E-state index contributed by atoms with van der Waals surface area (Å²) in [6.45, 7) is 6.82. The van der Waals surface area contributed by atoms with Crippen LogP contribution in [0.4, 0.5) is 5.69 Å². The van der Waals surface area contributed by atoms with Gasteiger partial charge in [-0.3, -0.25) is 19.2 Å². The molecule has 8 heteroatoms. The molecule has 0 N–H and O–H groups in total. The number of piperidine rings is 1. The molecule has 0 unspecified atom stereocenters. The van der Waals surface area contributed by atoms with E-state index in [0.717, 1.165) is 12.1 Å². The maximum atomic E-state index is 12.7. The molecule has 3 rings (SSSR count). The predicted molar refractivity (Wildman–Crippen MR) is 118 cm³/mol. The fraction of sp³-hybridized carbons (Fsp3) is 0.583. The molecule has 2 aliphatic heterocycles. The number of aryl methyl sites for hydroxylation is 1. The van der Waals surface area contributed by atoms with Crippen molar-refractivity contribution in [1.82, 2.24) is 4.90 Å². The van der Waals surface area contributed by atoms with Crippen LogP contribution < -0.4 is 4.90 Å². The minimum absolute atomic E-state index is 0.0697. The smallest absolute Gasteiger partial charge is 0.312 e. The van der Waals surface area contributed by atoms with Crippen molar-refractivity contribution in [3.05, 3.63) is 29.8 Å². The second-order valence-electron chi connectivity index (χ2n) is 8.36. The van der Waals surface area contributed by atoms with Gasteiger partial charge in [0.2, 0.25) is 5.91 Å². The number of rotatable bonds is 7. The van der Waals surface area contributed by atoms with Crippen LogP contribution in [0.25, 0.3) is 0 Å². The van der Waals surface area contributed by atoms with Gasteiger partial charge in [-0.25, -0.2) is 0 Å². The molecule has 2 atom stereocenters. The van der Waals surface area contributed by atoms with E-state index in [4.69, 9.17) is 9.47 Å².